The minimum absolute atomic E-state index is 0.0466. The van der Waals surface area contributed by atoms with Gasteiger partial charge >= 0.3 is 0 Å². The van der Waals surface area contributed by atoms with Gasteiger partial charge in [0.25, 0.3) is 0 Å². The van der Waals surface area contributed by atoms with Crippen LogP contribution < -0.4 is 5.32 Å². The number of aromatic nitrogens is 1. The van der Waals surface area contributed by atoms with Gasteiger partial charge in [-0.25, -0.2) is 0 Å². The third-order valence-corrected chi connectivity index (χ3v) is 3.01. The van der Waals surface area contributed by atoms with Crippen LogP contribution in [0.3, 0.4) is 0 Å². The van der Waals surface area contributed by atoms with Crippen molar-refractivity contribution in [2.75, 3.05) is 12.3 Å². The van der Waals surface area contributed by atoms with Crippen LogP contribution in [0.25, 0.3) is 0 Å². The van der Waals surface area contributed by atoms with Crippen molar-refractivity contribution < 1.29 is 9.32 Å². The van der Waals surface area contributed by atoms with Gasteiger partial charge < -0.3 is 9.84 Å². The van der Waals surface area contributed by atoms with Crippen LogP contribution >= 0.6 is 11.8 Å². The van der Waals surface area contributed by atoms with Gasteiger partial charge in [0.15, 0.2) is 0 Å². The van der Waals surface area contributed by atoms with Crippen LogP contribution in [-0.2, 0) is 10.5 Å². The molecule has 0 saturated heterocycles. The Hall–Kier alpha value is -1.41. The first-order valence-corrected chi connectivity index (χ1v) is 6.00. The number of hydrogen-bond donors (Lipinski definition) is 1. The van der Waals surface area contributed by atoms with Crippen LogP contribution in [0.15, 0.2) is 4.52 Å². The minimum atomic E-state index is -0.0466. The van der Waals surface area contributed by atoms with E-state index in [-0.39, 0.29) is 12.5 Å². The van der Waals surface area contributed by atoms with E-state index in [0.717, 1.165) is 22.8 Å². The molecule has 0 saturated carbocycles. The summed E-state index contributed by atoms with van der Waals surface area (Å²) in [6.45, 7) is 4.05. The van der Waals surface area contributed by atoms with Crippen LogP contribution in [0, 0.1) is 26.2 Å². The molecule has 0 aliphatic heterocycles. The number of nitrogens with zero attached hydrogens (tertiary/aromatic N) is 1. The number of hydrogen-bond acceptors (Lipinski definition) is 4. The summed E-state index contributed by atoms with van der Waals surface area (Å²) in [7, 11) is 0. The van der Waals surface area contributed by atoms with E-state index in [9.17, 15) is 4.79 Å². The van der Waals surface area contributed by atoms with Crippen LogP contribution in [0.2, 0.25) is 0 Å². The fraction of sp³-hybridized carbons (Fsp3) is 0.455. The number of amides is 1. The predicted octanol–water partition coefficient (Wildman–Crippen LogP) is 1.27. The fourth-order valence-electron chi connectivity index (χ4n) is 1.15. The van der Waals surface area contributed by atoms with Gasteiger partial charge in [-0.3, -0.25) is 4.79 Å². The first kappa shape index (κ1) is 12.7. The second-order valence-corrected chi connectivity index (χ2v) is 4.26. The van der Waals surface area contributed by atoms with Crippen LogP contribution in [0.4, 0.5) is 0 Å². The molecule has 1 N–H and O–H groups in total. The molecule has 5 heteroatoms. The van der Waals surface area contributed by atoms with Crippen molar-refractivity contribution in [3.8, 4) is 12.3 Å². The Morgan fingerprint density at radius 1 is 1.62 bits per heavy atom. The van der Waals surface area contributed by atoms with E-state index in [2.05, 4.69) is 16.4 Å². The lowest BCUT2D eigenvalue weighted by Crippen LogP contribution is -2.25. The predicted molar refractivity (Wildman–Crippen MR) is 64.0 cm³/mol. The maximum absolute atomic E-state index is 11.2. The molecule has 86 valence electrons. The molecule has 4 nitrogen and oxygen atoms in total. The van der Waals surface area contributed by atoms with Gasteiger partial charge in [-0.1, -0.05) is 11.1 Å². The van der Waals surface area contributed by atoms with Crippen LogP contribution in [0.1, 0.15) is 17.0 Å². The first-order valence-electron chi connectivity index (χ1n) is 4.84. The summed E-state index contributed by atoms with van der Waals surface area (Å²) in [5.74, 6) is 4.24. The number of carbonyl (C=O) groups is 1. The molecule has 0 aliphatic rings. The minimum Gasteiger partial charge on any atom is -0.361 e. The van der Waals surface area contributed by atoms with Crippen molar-refractivity contribution >= 4 is 17.7 Å². The molecule has 0 aromatic carbocycles. The molecular formula is C11H14N2O2S. The van der Waals surface area contributed by atoms with Crippen molar-refractivity contribution in [1.82, 2.24) is 10.5 Å². The summed E-state index contributed by atoms with van der Waals surface area (Å²) in [4.78, 5) is 11.2. The monoisotopic (exact) mass is 238 g/mol. The zero-order valence-electron chi connectivity index (χ0n) is 9.37. The van der Waals surface area contributed by atoms with E-state index < -0.39 is 0 Å². The molecule has 0 bridgehead atoms. The van der Waals surface area contributed by atoms with Crippen molar-refractivity contribution in [3.63, 3.8) is 0 Å². The molecule has 0 fully saturated rings. The van der Waals surface area contributed by atoms with Crippen LogP contribution in [0.5, 0.6) is 0 Å². The largest absolute Gasteiger partial charge is 0.361 e. The molecule has 0 spiro atoms. The Labute approximate surface area is 99.1 Å². The van der Waals surface area contributed by atoms with E-state index in [0.29, 0.717) is 5.75 Å². The molecule has 16 heavy (non-hydrogen) atoms. The lowest BCUT2D eigenvalue weighted by Gasteiger charge is -2.01. The molecule has 0 aliphatic carbocycles. The fourth-order valence-corrected chi connectivity index (χ4v) is 2.16. The SMILES string of the molecule is C#CCNC(=O)CSCc1c(C)noc1C. The van der Waals surface area contributed by atoms with Crippen molar-refractivity contribution in [1.29, 1.82) is 0 Å². The van der Waals surface area contributed by atoms with E-state index in [1.54, 1.807) is 0 Å². The normalized spacial score (nSPS) is 9.81. The zero-order valence-corrected chi connectivity index (χ0v) is 10.2. The summed E-state index contributed by atoms with van der Waals surface area (Å²) in [5, 5.41) is 6.45. The number of nitrogens with one attached hydrogen (secondary N) is 1. The third kappa shape index (κ3) is 3.63. The van der Waals surface area contributed by atoms with Gasteiger partial charge in [-0.15, -0.1) is 18.2 Å². The molecule has 0 unspecified atom stereocenters. The van der Waals surface area contributed by atoms with E-state index in [1.807, 2.05) is 13.8 Å². The Kier molecular flexibility index (Phi) is 4.93. The van der Waals surface area contributed by atoms with Gasteiger partial charge in [-0.05, 0) is 13.8 Å². The molecule has 1 aromatic heterocycles. The van der Waals surface area contributed by atoms with Gasteiger partial charge in [0.1, 0.15) is 5.76 Å². The van der Waals surface area contributed by atoms with E-state index in [4.69, 9.17) is 10.9 Å². The Morgan fingerprint density at radius 2 is 2.38 bits per heavy atom. The van der Waals surface area contributed by atoms with Gasteiger partial charge in [0.05, 0.1) is 18.0 Å². The molecule has 1 rings (SSSR count). The van der Waals surface area contributed by atoms with Gasteiger partial charge in [-0.2, -0.15) is 0 Å². The lowest BCUT2D eigenvalue weighted by atomic mass is 10.2. The highest BCUT2D eigenvalue weighted by atomic mass is 32.2. The smallest absolute Gasteiger partial charge is 0.230 e. The summed E-state index contributed by atoms with van der Waals surface area (Å²) in [6.07, 6.45) is 5.03. The van der Waals surface area contributed by atoms with Crippen molar-refractivity contribution in [2.24, 2.45) is 0 Å². The highest BCUT2D eigenvalue weighted by Gasteiger charge is 2.09. The molecular weight excluding hydrogens is 224 g/mol. The zero-order chi connectivity index (χ0) is 12.0. The number of carbonyl (C=O) groups excluding carboxylic acids is 1. The molecule has 1 aromatic rings. The van der Waals surface area contributed by atoms with Gasteiger partial charge in [0.2, 0.25) is 5.91 Å². The highest BCUT2D eigenvalue weighted by molar-refractivity contribution is 7.99. The standard InChI is InChI=1S/C11H14N2O2S/c1-4-5-12-11(14)7-16-6-10-8(2)13-15-9(10)3/h1H,5-7H2,2-3H3,(H,12,14). The molecule has 1 amide bonds. The van der Waals surface area contributed by atoms with Crippen LogP contribution in [-0.4, -0.2) is 23.4 Å². The Morgan fingerprint density at radius 3 is 2.94 bits per heavy atom. The topological polar surface area (TPSA) is 55.1 Å². The molecule has 1 heterocycles. The van der Waals surface area contributed by atoms with Crippen molar-refractivity contribution in [2.45, 2.75) is 19.6 Å². The number of terminal acetylenes is 1. The Balaban J connectivity index is 2.31. The quantitative estimate of drug-likeness (QED) is 0.785. The third-order valence-electron chi connectivity index (χ3n) is 2.05. The van der Waals surface area contributed by atoms with Gasteiger partial charge in [0, 0.05) is 11.3 Å². The van der Waals surface area contributed by atoms with Crippen molar-refractivity contribution in [3.05, 3.63) is 17.0 Å². The lowest BCUT2D eigenvalue weighted by molar-refractivity contribution is -0.118. The second kappa shape index (κ2) is 6.23. The second-order valence-electron chi connectivity index (χ2n) is 3.28. The Bertz CT molecular complexity index is 387. The summed E-state index contributed by atoms with van der Waals surface area (Å²) < 4.78 is 5.03. The number of aryl methyl sites for hydroxylation is 2. The number of thioether (sulfide) groups is 1. The summed E-state index contributed by atoms with van der Waals surface area (Å²) in [6, 6.07) is 0. The maximum atomic E-state index is 11.2. The molecule has 0 radical (unpaired) electrons. The maximum Gasteiger partial charge on any atom is 0.230 e. The highest BCUT2D eigenvalue weighted by Crippen LogP contribution is 2.18. The average Bonchev–Trinajstić information content (AvgIpc) is 2.57. The van der Waals surface area contributed by atoms with E-state index in [1.165, 1.54) is 11.8 Å². The first-order chi connectivity index (χ1) is 7.65. The number of rotatable bonds is 5. The average molecular weight is 238 g/mol. The van der Waals surface area contributed by atoms with E-state index >= 15 is 0 Å². The molecule has 0 atom stereocenters. The summed E-state index contributed by atoms with van der Waals surface area (Å²) in [5.41, 5.74) is 1.95. The summed E-state index contributed by atoms with van der Waals surface area (Å²) >= 11 is 1.52.